The van der Waals surface area contributed by atoms with Crippen molar-refractivity contribution in [3.63, 3.8) is 0 Å². The molecule has 2 aromatic rings. The summed E-state index contributed by atoms with van der Waals surface area (Å²) < 4.78 is 0. The summed E-state index contributed by atoms with van der Waals surface area (Å²) >= 11 is 11.8. The maximum Gasteiger partial charge on any atom is 0.271 e. The van der Waals surface area contributed by atoms with E-state index in [0.717, 1.165) is 5.56 Å². The number of nitrogens with one attached hydrogen (secondary N) is 2. The number of hydrogen-bond acceptors (Lipinski definition) is 3. The van der Waals surface area contributed by atoms with E-state index in [4.69, 9.17) is 23.2 Å². The van der Waals surface area contributed by atoms with Gasteiger partial charge in [0.1, 0.15) is 5.02 Å². The van der Waals surface area contributed by atoms with Crippen molar-refractivity contribution in [3.05, 3.63) is 50.5 Å². The van der Waals surface area contributed by atoms with Gasteiger partial charge in [-0.2, -0.15) is 0 Å². The van der Waals surface area contributed by atoms with E-state index in [2.05, 4.69) is 15.3 Å². The van der Waals surface area contributed by atoms with Crippen molar-refractivity contribution in [2.45, 2.75) is 6.92 Å². The van der Waals surface area contributed by atoms with E-state index in [9.17, 15) is 4.79 Å². The zero-order valence-electron chi connectivity index (χ0n) is 8.92. The quantitative estimate of drug-likeness (QED) is 0.881. The van der Waals surface area contributed by atoms with Crippen LogP contribution in [0.25, 0.3) is 0 Å². The topological polar surface area (TPSA) is 57.8 Å². The van der Waals surface area contributed by atoms with Gasteiger partial charge in [-0.3, -0.25) is 4.79 Å². The Balaban J connectivity index is 2.41. The van der Waals surface area contributed by atoms with E-state index in [1.54, 1.807) is 6.07 Å². The number of aromatic amines is 1. The van der Waals surface area contributed by atoms with Crippen LogP contribution in [0.4, 0.5) is 11.5 Å². The molecule has 0 saturated carbocycles. The van der Waals surface area contributed by atoms with E-state index < -0.39 is 5.56 Å². The first-order chi connectivity index (χ1) is 8.08. The molecule has 0 atom stereocenters. The van der Waals surface area contributed by atoms with E-state index in [1.807, 2.05) is 19.1 Å². The summed E-state index contributed by atoms with van der Waals surface area (Å²) in [6.45, 7) is 1.94. The molecule has 0 fully saturated rings. The second kappa shape index (κ2) is 4.77. The number of hydrogen-bond donors (Lipinski definition) is 2. The molecular formula is C11H9Cl2N3O. The fourth-order valence-corrected chi connectivity index (χ4v) is 1.65. The average Bonchev–Trinajstić information content (AvgIpc) is 2.30. The van der Waals surface area contributed by atoms with Crippen LogP contribution in [0.15, 0.2) is 29.3 Å². The number of rotatable bonds is 2. The van der Waals surface area contributed by atoms with E-state index in [0.29, 0.717) is 10.7 Å². The highest BCUT2D eigenvalue weighted by Crippen LogP contribution is 2.27. The molecule has 0 aliphatic rings. The number of nitrogens with zero attached hydrogens (tertiary/aromatic N) is 1. The molecule has 0 amide bonds. The third-order valence-corrected chi connectivity index (χ3v) is 2.85. The molecule has 88 valence electrons. The highest BCUT2D eigenvalue weighted by atomic mass is 35.5. The highest BCUT2D eigenvalue weighted by molar-refractivity contribution is 6.34. The van der Waals surface area contributed by atoms with Crippen LogP contribution in [0.5, 0.6) is 0 Å². The van der Waals surface area contributed by atoms with Crippen LogP contribution in [0.2, 0.25) is 10.0 Å². The van der Waals surface area contributed by atoms with Gasteiger partial charge in [-0.25, -0.2) is 4.98 Å². The molecule has 1 aromatic carbocycles. The first kappa shape index (κ1) is 12.0. The Kier molecular flexibility index (Phi) is 3.36. The van der Waals surface area contributed by atoms with E-state index in [-0.39, 0.29) is 10.8 Å². The number of aromatic nitrogens is 2. The fourth-order valence-electron chi connectivity index (χ4n) is 1.33. The van der Waals surface area contributed by atoms with Crippen LogP contribution < -0.4 is 10.9 Å². The van der Waals surface area contributed by atoms with E-state index >= 15 is 0 Å². The normalized spacial score (nSPS) is 10.3. The lowest BCUT2D eigenvalue weighted by Crippen LogP contribution is -2.09. The number of aryl methyl sites for hydroxylation is 1. The first-order valence-electron chi connectivity index (χ1n) is 4.84. The minimum absolute atomic E-state index is 0.00470. The molecular weight excluding hydrogens is 261 g/mol. The Morgan fingerprint density at radius 3 is 2.88 bits per heavy atom. The number of anilines is 2. The van der Waals surface area contributed by atoms with Gasteiger partial charge in [0.25, 0.3) is 5.56 Å². The van der Waals surface area contributed by atoms with Crippen LogP contribution in [-0.2, 0) is 0 Å². The molecule has 0 spiro atoms. The van der Waals surface area contributed by atoms with Crippen LogP contribution in [0, 0.1) is 6.92 Å². The van der Waals surface area contributed by atoms with Gasteiger partial charge in [0.2, 0.25) is 0 Å². The number of H-pyrrole nitrogens is 1. The minimum Gasteiger partial charge on any atom is -0.338 e. The lowest BCUT2D eigenvalue weighted by molar-refractivity contribution is 1.12. The largest absolute Gasteiger partial charge is 0.338 e. The molecule has 2 N–H and O–H groups in total. The van der Waals surface area contributed by atoms with Crippen molar-refractivity contribution in [2.24, 2.45) is 0 Å². The van der Waals surface area contributed by atoms with Crippen molar-refractivity contribution in [2.75, 3.05) is 5.32 Å². The molecule has 0 unspecified atom stereocenters. The number of halogens is 2. The molecule has 1 heterocycles. The molecule has 0 saturated heterocycles. The second-order valence-electron chi connectivity index (χ2n) is 3.50. The monoisotopic (exact) mass is 269 g/mol. The van der Waals surface area contributed by atoms with Crippen molar-refractivity contribution < 1.29 is 0 Å². The molecule has 0 bridgehead atoms. The number of benzene rings is 1. The highest BCUT2D eigenvalue weighted by Gasteiger charge is 2.08. The first-order valence-corrected chi connectivity index (χ1v) is 5.60. The maximum atomic E-state index is 11.3. The SMILES string of the molecule is Cc1ccc(Cl)c(Nc2nc[nH]c(=O)c2Cl)c1. The van der Waals surface area contributed by atoms with Crippen LogP contribution in [-0.4, -0.2) is 9.97 Å². The standard InChI is InChI=1S/C11H9Cl2N3O/c1-6-2-3-7(12)8(4-6)16-10-9(13)11(17)15-5-14-10/h2-5H,1H3,(H2,14,15,16,17). The Morgan fingerprint density at radius 2 is 2.12 bits per heavy atom. The molecule has 17 heavy (non-hydrogen) atoms. The second-order valence-corrected chi connectivity index (χ2v) is 4.29. The Hall–Kier alpha value is -1.52. The minimum atomic E-state index is -0.395. The van der Waals surface area contributed by atoms with Gasteiger partial charge in [-0.15, -0.1) is 0 Å². The molecule has 2 rings (SSSR count). The zero-order chi connectivity index (χ0) is 12.4. The third-order valence-electron chi connectivity index (χ3n) is 2.17. The van der Waals surface area contributed by atoms with Gasteiger partial charge < -0.3 is 10.3 Å². The molecule has 4 nitrogen and oxygen atoms in total. The summed E-state index contributed by atoms with van der Waals surface area (Å²) in [4.78, 5) is 17.6. The summed E-state index contributed by atoms with van der Waals surface area (Å²) in [5.41, 5.74) is 1.30. The van der Waals surface area contributed by atoms with Gasteiger partial charge in [0.05, 0.1) is 17.0 Å². The summed E-state index contributed by atoms with van der Waals surface area (Å²) in [6, 6.07) is 5.50. The zero-order valence-corrected chi connectivity index (χ0v) is 10.4. The third kappa shape index (κ3) is 2.60. The summed E-state index contributed by atoms with van der Waals surface area (Å²) in [7, 11) is 0. The van der Waals surface area contributed by atoms with Gasteiger partial charge in [-0.05, 0) is 24.6 Å². The van der Waals surface area contributed by atoms with Gasteiger partial charge >= 0.3 is 0 Å². The van der Waals surface area contributed by atoms with Gasteiger partial charge in [0, 0.05) is 0 Å². The summed E-state index contributed by atoms with van der Waals surface area (Å²) in [5.74, 6) is 0.280. The Morgan fingerprint density at radius 1 is 1.35 bits per heavy atom. The van der Waals surface area contributed by atoms with Crippen molar-refractivity contribution in [1.82, 2.24) is 9.97 Å². The molecule has 0 radical (unpaired) electrons. The van der Waals surface area contributed by atoms with Crippen molar-refractivity contribution in [3.8, 4) is 0 Å². The lowest BCUT2D eigenvalue weighted by atomic mass is 10.2. The van der Waals surface area contributed by atoms with E-state index in [1.165, 1.54) is 6.33 Å². The van der Waals surface area contributed by atoms with Crippen molar-refractivity contribution >= 4 is 34.7 Å². The Bertz CT molecular complexity index is 610. The summed E-state index contributed by atoms with van der Waals surface area (Å²) in [5, 5.41) is 3.47. The molecule has 0 aliphatic carbocycles. The molecule has 6 heteroatoms. The van der Waals surface area contributed by atoms with Crippen LogP contribution >= 0.6 is 23.2 Å². The van der Waals surface area contributed by atoms with Gasteiger partial charge in [0.15, 0.2) is 5.82 Å². The van der Waals surface area contributed by atoms with Crippen LogP contribution in [0.3, 0.4) is 0 Å². The Labute approximate surface area is 108 Å². The smallest absolute Gasteiger partial charge is 0.271 e. The fraction of sp³-hybridized carbons (Fsp3) is 0.0909. The average molecular weight is 270 g/mol. The van der Waals surface area contributed by atoms with Gasteiger partial charge in [-0.1, -0.05) is 29.3 Å². The maximum absolute atomic E-state index is 11.3. The summed E-state index contributed by atoms with van der Waals surface area (Å²) in [6.07, 6.45) is 1.28. The predicted molar refractivity (Wildman–Crippen MR) is 69.3 cm³/mol. The van der Waals surface area contributed by atoms with Crippen molar-refractivity contribution in [1.29, 1.82) is 0 Å². The predicted octanol–water partition coefficient (Wildman–Crippen LogP) is 3.13. The molecule has 1 aromatic heterocycles. The lowest BCUT2D eigenvalue weighted by Gasteiger charge is -2.09. The molecule has 0 aliphatic heterocycles. The van der Waals surface area contributed by atoms with Crippen LogP contribution in [0.1, 0.15) is 5.56 Å².